The molecule has 0 fully saturated rings. The highest BCUT2D eigenvalue weighted by molar-refractivity contribution is 5.72. The van der Waals surface area contributed by atoms with Crippen molar-refractivity contribution in [1.29, 1.82) is 0 Å². The summed E-state index contributed by atoms with van der Waals surface area (Å²) >= 11 is 0. The van der Waals surface area contributed by atoms with Gasteiger partial charge in [-0.3, -0.25) is 4.79 Å². The molecule has 3 N–H and O–H groups in total. The summed E-state index contributed by atoms with van der Waals surface area (Å²) in [5.41, 5.74) is 3.81. The molecule has 0 aliphatic heterocycles. The van der Waals surface area contributed by atoms with Crippen LogP contribution in [0, 0.1) is 0 Å². The number of amides is 1. The lowest BCUT2D eigenvalue weighted by molar-refractivity contribution is -0.118. The van der Waals surface area contributed by atoms with E-state index in [4.69, 9.17) is 0 Å². The van der Waals surface area contributed by atoms with Crippen molar-refractivity contribution in [2.45, 2.75) is 38.7 Å². The molecule has 0 spiro atoms. The van der Waals surface area contributed by atoms with Gasteiger partial charge in [0.2, 0.25) is 5.91 Å². The minimum Gasteiger partial charge on any atom is -0.387 e. The Morgan fingerprint density at radius 1 is 1.25 bits per heavy atom. The van der Waals surface area contributed by atoms with E-state index in [-0.39, 0.29) is 5.91 Å². The second-order valence-electron chi connectivity index (χ2n) is 5.44. The predicted molar refractivity (Wildman–Crippen MR) is 79.6 cm³/mol. The Kier molecular flexibility index (Phi) is 5.56. The molecular weight excluding hydrogens is 252 g/mol. The SMILES string of the molecule is CC(=O)NCCNCC(O)c1ccc2c(c1)CCCC2. The van der Waals surface area contributed by atoms with E-state index in [0.29, 0.717) is 19.6 Å². The molecule has 1 unspecified atom stereocenters. The minimum absolute atomic E-state index is 0.0259. The zero-order valence-corrected chi connectivity index (χ0v) is 12.1. The van der Waals surface area contributed by atoms with Crippen molar-refractivity contribution < 1.29 is 9.90 Å². The maximum atomic E-state index is 10.7. The topological polar surface area (TPSA) is 61.4 Å². The van der Waals surface area contributed by atoms with Crippen LogP contribution in [0.1, 0.15) is 42.6 Å². The van der Waals surface area contributed by atoms with Crippen molar-refractivity contribution >= 4 is 5.91 Å². The van der Waals surface area contributed by atoms with Gasteiger partial charge in [-0.2, -0.15) is 0 Å². The lowest BCUT2D eigenvalue weighted by Gasteiger charge is -2.19. The fraction of sp³-hybridized carbons (Fsp3) is 0.562. The zero-order chi connectivity index (χ0) is 14.4. The summed E-state index contributed by atoms with van der Waals surface area (Å²) in [5, 5.41) is 16.1. The van der Waals surface area contributed by atoms with Crippen LogP contribution in [0.3, 0.4) is 0 Å². The van der Waals surface area contributed by atoms with Crippen molar-refractivity contribution in [2.24, 2.45) is 0 Å². The molecule has 0 heterocycles. The quantitative estimate of drug-likeness (QED) is 0.687. The first-order chi connectivity index (χ1) is 9.66. The third kappa shape index (κ3) is 4.32. The van der Waals surface area contributed by atoms with Crippen LogP contribution in [0.4, 0.5) is 0 Å². The molecule has 1 aliphatic rings. The number of benzene rings is 1. The molecule has 1 aromatic carbocycles. The summed E-state index contributed by atoms with van der Waals surface area (Å²) in [7, 11) is 0. The van der Waals surface area contributed by atoms with E-state index in [1.54, 1.807) is 0 Å². The van der Waals surface area contributed by atoms with Crippen LogP contribution in [-0.4, -0.2) is 30.6 Å². The van der Waals surface area contributed by atoms with Crippen molar-refractivity contribution in [1.82, 2.24) is 10.6 Å². The van der Waals surface area contributed by atoms with Crippen LogP contribution in [-0.2, 0) is 17.6 Å². The Bertz CT molecular complexity index is 460. The van der Waals surface area contributed by atoms with E-state index >= 15 is 0 Å². The predicted octanol–water partition coefficient (Wildman–Crippen LogP) is 1.32. The summed E-state index contributed by atoms with van der Waals surface area (Å²) in [6, 6.07) is 6.34. The number of fused-ring (bicyclic) bond motifs is 1. The van der Waals surface area contributed by atoms with Crippen LogP contribution in [0.15, 0.2) is 18.2 Å². The van der Waals surface area contributed by atoms with Gasteiger partial charge in [-0.25, -0.2) is 0 Å². The molecular formula is C16H24N2O2. The minimum atomic E-state index is -0.487. The molecule has 1 aromatic rings. The molecule has 0 saturated heterocycles. The molecule has 0 bridgehead atoms. The van der Waals surface area contributed by atoms with E-state index in [1.807, 2.05) is 6.07 Å². The first-order valence-electron chi connectivity index (χ1n) is 7.42. The fourth-order valence-corrected chi connectivity index (χ4v) is 2.64. The average molecular weight is 276 g/mol. The Balaban J connectivity index is 1.80. The molecule has 4 nitrogen and oxygen atoms in total. The summed E-state index contributed by atoms with van der Waals surface area (Å²) < 4.78 is 0. The van der Waals surface area contributed by atoms with Gasteiger partial charge in [0.25, 0.3) is 0 Å². The van der Waals surface area contributed by atoms with Gasteiger partial charge in [0.15, 0.2) is 0 Å². The number of aryl methyl sites for hydroxylation is 2. The second-order valence-corrected chi connectivity index (χ2v) is 5.44. The molecule has 1 aliphatic carbocycles. The van der Waals surface area contributed by atoms with Crippen LogP contribution < -0.4 is 10.6 Å². The van der Waals surface area contributed by atoms with Gasteiger partial charge in [0, 0.05) is 26.6 Å². The van der Waals surface area contributed by atoms with Crippen LogP contribution in [0.25, 0.3) is 0 Å². The zero-order valence-electron chi connectivity index (χ0n) is 12.1. The lowest BCUT2D eigenvalue weighted by atomic mass is 9.89. The third-order valence-electron chi connectivity index (χ3n) is 3.77. The smallest absolute Gasteiger partial charge is 0.216 e. The van der Waals surface area contributed by atoms with Crippen molar-refractivity contribution in [3.05, 3.63) is 34.9 Å². The monoisotopic (exact) mass is 276 g/mol. The van der Waals surface area contributed by atoms with Gasteiger partial charge in [-0.1, -0.05) is 18.2 Å². The summed E-state index contributed by atoms with van der Waals surface area (Å²) in [6.07, 6.45) is 4.34. The summed E-state index contributed by atoms with van der Waals surface area (Å²) in [4.78, 5) is 10.7. The largest absolute Gasteiger partial charge is 0.387 e. The highest BCUT2D eigenvalue weighted by Crippen LogP contribution is 2.24. The molecule has 0 aromatic heterocycles. The first-order valence-corrected chi connectivity index (χ1v) is 7.42. The van der Waals surface area contributed by atoms with Gasteiger partial charge in [-0.05, 0) is 42.4 Å². The second kappa shape index (κ2) is 7.41. The first kappa shape index (κ1) is 15.0. The fourth-order valence-electron chi connectivity index (χ4n) is 2.64. The van der Waals surface area contributed by atoms with Gasteiger partial charge >= 0.3 is 0 Å². The Morgan fingerprint density at radius 3 is 2.75 bits per heavy atom. The molecule has 0 radical (unpaired) electrons. The molecule has 4 heteroatoms. The average Bonchev–Trinajstić information content (AvgIpc) is 2.46. The maximum absolute atomic E-state index is 10.7. The number of rotatable bonds is 6. The molecule has 1 atom stereocenters. The standard InChI is InChI=1S/C16H24N2O2/c1-12(19)18-9-8-17-11-16(20)15-7-6-13-4-2-3-5-14(13)10-15/h6-7,10,16-17,20H,2-5,8-9,11H2,1H3,(H,18,19). The lowest BCUT2D eigenvalue weighted by Crippen LogP contribution is -2.32. The highest BCUT2D eigenvalue weighted by Gasteiger charge is 2.13. The summed E-state index contributed by atoms with van der Waals surface area (Å²) in [6.45, 7) is 3.27. The van der Waals surface area contributed by atoms with Crippen LogP contribution in [0.5, 0.6) is 0 Å². The molecule has 1 amide bonds. The van der Waals surface area contributed by atoms with Crippen molar-refractivity contribution in [2.75, 3.05) is 19.6 Å². The number of carbonyl (C=O) groups excluding carboxylic acids is 1. The molecule has 2 rings (SSSR count). The summed E-state index contributed by atoms with van der Waals surface area (Å²) in [5.74, 6) is -0.0259. The normalized spacial score (nSPS) is 15.5. The van der Waals surface area contributed by atoms with E-state index in [2.05, 4.69) is 22.8 Å². The highest BCUT2D eigenvalue weighted by atomic mass is 16.3. The van der Waals surface area contributed by atoms with E-state index < -0.39 is 6.10 Å². The van der Waals surface area contributed by atoms with E-state index in [0.717, 1.165) is 12.0 Å². The van der Waals surface area contributed by atoms with Gasteiger partial charge in [0.1, 0.15) is 0 Å². The van der Waals surface area contributed by atoms with Crippen LogP contribution in [0.2, 0.25) is 0 Å². The maximum Gasteiger partial charge on any atom is 0.216 e. The Morgan fingerprint density at radius 2 is 2.00 bits per heavy atom. The molecule has 110 valence electrons. The Hall–Kier alpha value is -1.39. The molecule has 20 heavy (non-hydrogen) atoms. The number of carbonyl (C=O) groups is 1. The molecule has 0 saturated carbocycles. The number of hydrogen-bond acceptors (Lipinski definition) is 3. The van der Waals surface area contributed by atoms with Gasteiger partial charge < -0.3 is 15.7 Å². The van der Waals surface area contributed by atoms with Crippen molar-refractivity contribution in [3.63, 3.8) is 0 Å². The number of hydrogen-bond donors (Lipinski definition) is 3. The Labute approximate surface area is 120 Å². The number of aliphatic hydroxyl groups is 1. The van der Waals surface area contributed by atoms with Crippen LogP contribution >= 0.6 is 0 Å². The third-order valence-corrected chi connectivity index (χ3v) is 3.77. The van der Waals surface area contributed by atoms with E-state index in [1.165, 1.54) is 37.3 Å². The van der Waals surface area contributed by atoms with Gasteiger partial charge in [-0.15, -0.1) is 0 Å². The van der Waals surface area contributed by atoms with Crippen molar-refractivity contribution in [3.8, 4) is 0 Å². The number of aliphatic hydroxyl groups excluding tert-OH is 1. The van der Waals surface area contributed by atoms with Gasteiger partial charge in [0.05, 0.1) is 6.10 Å². The number of nitrogens with one attached hydrogen (secondary N) is 2. The van der Waals surface area contributed by atoms with E-state index in [9.17, 15) is 9.90 Å².